The number of aromatic nitrogens is 4. The second-order valence-electron chi connectivity index (χ2n) is 5.18. The number of rotatable bonds is 1. The Morgan fingerprint density at radius 2 is 1.95 bits per heavy atom. The summed E-state index contributed by atoms with van der Waals surface area (Å²) in [7, 11) is 3.06. The van der Waals surface area contributed by atoms with Gasteiger partial charge in [0.25, 0.3) is 5.56 Å². The lowest BCUT2D eigenvalue weighted by Crippen LogP contribution is -2.37. The van der Waals surface area contributed by atoms with E-state index in [9.17, 15) is 9.59 Å². The molecule has 2 heterocycles. The Kier molecular flexibility index (Phi) is 2.50. The largest absolute Gasteiger partial charge is 0.332 e. The fraction of sp³-hybridized carbons (Fsp3) is 0.500. The third-order valence-electron chi connectivity index (χ3n) is 3.81. The lowest BCUT2D eigenvalue weighted by Gasteiger charge is -2.09. The van der Waals surface area contributed by atoms with E-state index in [1.165, 1.54) is 11.6 Å². The van der Waals surface area contributed by atoms with E-state index in [-0.39, 0.29) is 10.3 Å². The normalized spacial score (nSPS) is 21.8. The van der Waals surface area contributed by atoms with Gasteiger partial charge in [-0.1, -0.05) is 19.1 Å². The molecule has 2 aromatic heterocycles. The van der Waals surface area contributed by atoms with Gasteiger partial charge in [0.2, 0.25) is 0 Å². The number of nitrogens with one attached hydrogen (secondary N) is 1. The van der Waals surface area contributed by atoms with Crippen molar-refractivity contribution >= 4 is 23.3 Å². The summed E-state index contributed by atoms with van der Waals surface area (Å²) in [5, 5.41) is 0.302. The van der Waals surface area contributed by atoms with Crippen LogP contribution in [-0.4, -0.2) is 19.1 Å². The highest BCUT2D eigenvalue weighted by molar-refractivity contribution is 7.71. The van der Waals surface area contributed by atoms with Gasteiger partial charge < -0.3 is 4.98 Å². The van der Waals surface area contributed by atoms with E-state index in [0.717, 1.165) is 16.8 Å². The summed E-state index contributed by atoms with van der Waals surface area (Å²) >= 11 is 5.22. The molecule has 0 amide bonds. The van der Waals surface area contributed by atoms with Crippen LogP contribution in [0.3, 0.4) is 0 Å². The molecule has 2 aromatic rings. The Hall–Kier alpha value is -1.76. The van der Waals surface area contributed by atoms with Crippen LogP contribution in [0.25, 0.3) is 11.0 Å². The van der Waals surface area contributed by atoms with E-state index in [4.69, 9.17) is 12.2 Å². The van der Waals surface area contributed by atoms with Gasteiger partial charge >= 0.3 is 5.69 Å². The standard InChI is InChI=1S/C12H14N4O2S/c1-5-4-6(5)8-13-9-7(10(19)14-8)11(17)16(3)12(18)15(9)2/h5-6H,4H2,1-3H3,(H,13,14,19). The first-order chi connectivity index (χ1) is 8.91. The molecule has 0 radical (unpaired) electrons. The molecule has 1 N–H and O–H groups in total. The summed E-state index contributed by atoms with van der Waals surface area (Å²) in [5.41, 5.74) is -0.311. The molecular formula is C12H14N4O2S. The number of nitrogens with zero attached hydrogens (tertiary/aromatic N) is 3. The van der Waals surface area contributed by atoms with Crippen molar-refractivity contribution in [1.82, 2.24) is 19.1 Å². The van der Waals surface area contributed by atoms with E-state index < -0.39 is 5.56 Å². The summed E-state index contributed by atoms with van der Waals surface area (Å²) in [5.74, 6) is 1.69. The minimum atomic E-state index is -0.401. The molecule has 1 aliphatic rings. The van der Waals surface area contributed by atoms with E-state index in [2.05, 4.69) is 16.9 Å². The average Bonchev–Trinajstić information content (AvgIpc) is 3.10. The highest BCUT2D eigenvalue weighted by Gasteiger charge is 2.36. The molecular weight excluding hydrogens is 264 g/mol. The number of hydrogen-bond acceptors (Lipinski definition) is 4. The van der Waals surface area contributed by atoms with Gasteiger partial charge in [-0.25, -0.2) is 9.78 Å². The number of aromatic amines is 1. The van der Waals surface area contributed by atoms with E-state index >= 15 is 0 Å². The van der Waals surface area contributed by atoms with Crippen molar-refractivity contribution < 1.29 is 0 Å². The molecule has 3 rings (SSSR count). The predicted octanol–water partition coefficient (Wildman–Crippen LogP) is 0.813. The lowest BCUT2D eigenvalue weighted by atomic mass is 10.3. The van der Waals surface area contributed by atoms with Gasteiger partial charge in [-0.05, 0) is 12.3 Å². The number of H-pyrrole nitrogens is 1. The molecule has 0 bridgehead atoms. The zero-order chi connectivity index (χ0) is 13.9. The van der Waals surface area contributed by atoms with Crippen molar-refractivity contribution in [2.45, 2.75) is 19.3 Å². The maximum Gasteiger partial charge on any atom is 0.332 e. The van der Waals surface area contributed by atoms with Gasteiger partial charge in [-0.2, -0.15) is 0 Å². The minimum absolute atomic E-state index is 0.263. The van der Waals surface area contributed by atoms with Gasteiger partial charge in [-0.3, -0.25) is 13.9 Å². The Bertz CT molecular complexity index is 861. The SMILES string of the molecule is CC1CC1c1nc(=S)c2c(=O)n(C)c(=O)n(C)c2[nH]1. The summed E-state index contributed by atoms with van der Waals surface area (Å²) in [6, 6.07) is 0. The lowest BCUT2D eigenvalue weighted by molar-refractivity contribution is 0.701. The van der Waals surface area contributed by atoms with Gasteiger partial charge in [0, 0.05) is 20.0 Å². The topological polar surface area (TPSA) is 72.7 Å². The van der Waals surface area contributed by atoms with Crippen molar-refractivity contribution in [1.29, 1.82) is 0 Å². The van der Waals surface area contributed by atoms with Crippen LogP contribution in [0.2, 0.25) is 0 Å². The monoisotopic (exact) mass is 278 g/mol. The van der Waals surface area contributed by atoms with Crippen LogP contribution >= 0.6 is 12.2 Å². The fourth-order valence-electron chi connectivity index (χ4n) is 2.38. The first-order valence-electron chi connectivity index (χ1n) is 6.11. The van der Waals surface area contributed by atoms with Crippen LogP contribution in [0, 0.1) is 10.6 Å². The third-order valence-corrected chi connectivity index (χ3v) is 4.10. The van der Waals surface area contributed by atoms with Crippen LogP contribution in [0.1, 0.15) is 25.1 Å². The van der Waals surface area contributed by atoms with Crippen LogP contribution in [0.15, 0.2) is 9.59 Å². The first kappa shape index (κ1) is 12.3. The Balaban J connectivity index is 2.46. The second-order valence-corrected chi connectivity index (χ2v) is 5.56. The van der Waals surface area contributed by atoms with Crippen molar-refractivity contribution in [3.8, 4) is 0 Å². The zero-order valence-corrected chi connectivity index (χ0v) is 11.7. The molecule has 0 saturated heterocycles. The highest BCUT2D eigenvalue weighted by Crippen LogP contribution is 2.45. The molecule has 19 heavy (non-hydrogen) atoms. The van der Waals surface area contributed by atoms with E-state index in [1.807, 2.05) is 0 Å². The molecule has 0 aromatic carbocycles. The van der Waals surface area contributed by atoms with Crippen molar-refractivity contribution in [3.63, 3.8) is 0 Å². The molecule has 100 valence electrons. The Morgan fingerprint density at radius 3 is 2.53 bits per heavy atom. The van der Waals surface area contributed by atoms with Crippen LogP contribution in [-0.2, 0) is 14.1 Å². The fourth-order valence-corrected chi connectivity index (χ4v) is 2.66. The first-order valence-corrected chi connectivity index (χ1v) is 6.52. The Morgan fingerprint density at radius 1 is 1.32 bits per heavy atom. The summed E-state index contributed by atoms with van der Waals surface area (Å²) in [4.78, 5) is 31.5. The number of hydrogen-bond donors (Lipinski definition) is 1. The molecule has 2 atom stereocenters. The third kappa shape index (κ3) is 1.68. The Labute approximate surface area is 113 Å². The summed E-state index contributed by atoms with van der Waals surface area (Å²) < 4.78 is 2.72. The van der Waals surface area contributed by atoms with Crippen LogP contribution in [0.4, 0.5) is 0 Å². The van der Waals surface area contributed by atoms with Gasteiger partial charge in [-0.15, -0.1) is 0 Å². The maximum absolute atomic E-state index is 12.1. The van der Waals surface area contributed by atoms with Crippen molar-refractivity contribution in [3.05, 3.63) is 31.3 Å². The van der Waals surface area contributed by atoms with E-state index in [1.54, 1.807) is 7.05 Å². The van der Waals surface area contributed by atoms with Crippen molar-refractivity contribution in [2.24, 2.45) is 20.0 Å². The second kappa shape index (κ2) is 3.86. The van der Waals surface area contributed by atoms with E-state index in [0.29, 0.717) is 22.9 Å². The van der Waals surface area contributed by atoms with Crippen LogP contribution in [0.5, 0.6) is 0 Å². The molecule has 1 aliphatic carbocycles. The molecule has 1 saturated carbocycles. The molecule has 1 fully saturated rings. The smallest absolute Gasteiger partial charge is 0.329 e. The molecule has 2 unspecified atom stereocenters. The van der Waals surface area contributed by atoms with Gasteiger partial charge in [0.1, 0.15) is 21.5 Å². The zero-order valence-electron chi connectivity index (χ0n) is 10.9. The van der Waals surface area contributed by atoms with Crippen LogP contribution < -0.4 is 11.2 Å². The molecule has 0 aliphatic heterocycles. The quantitative estimate of drug-likeness (QED) is 0.784. The molecule has 0 spiro atoms. The number of fused-ring (bicyclic) bond motifs is 1. The molecule has 6 nitrogen and oxygen atoms in total. The number of aryl methyl sites for hydroxylation is 1. The van der Waals surface area contributed by atoms with Gasteiger partial charge in [0.05, 0.1) is 0 Å². The highest BCUT2D eigenvalue weighted by atomic mass is 32.1. The summed E-state index contributed by atoms with van der Waals surface area (Å²) in [6.07, 6.45) is 1.06. The predicted molar refractivity (Wildman–Crippen MR) is 73.9 cm³/mol. The summed E-state index contributed by atoms with van der Waals surface area (Å²) in [6.45, 7) is 2.14. The minimum Gasteiger partial charge on any atom is -0.329 e. The van der Waals surface area contributed by atoms with Crippen molar-refractivity contribution in [2.75, 3.05) is 0 Å². The maximum atomic E-state index is 12.1. The van der Waals surface area contributed by atoms with Gasteiger partial charge in [0.15, 0.2) is 0 Å². The average molecular weight is 278 g/mol. The molecule has 7 heteroatoms.